The van der Waals surface area contributed by atoms with Gasteiger partial charge in [0.25, 0.3) is 0 Å². The molecule has 0 aliphatic rings. The molecule has 0 saturated heterocycles. The highest BCUT2D eigenvalue weighted by Gasteiger charge is 2.06. The van der Waals surface area contributed by atoms with Gasteiger partial charge in [0, 0.05) is 32.2 Å². The first-order chi connectivity index (χ1) is 12.7. The number of hydrogen-bond acceptors (Lipinski definition) is 4. The molecule has 0 saturated carbocycles. The zero-order chi connectivity index (χ0) is 19.0. The minimum atomic E-state index is 0.700. The summed E-state index contributed by atoms with van der Waals surface area (Å²) in [5, 5.41) is 6.76. The molecule has 0 heterocycles. The predicted molar refractivity (Wildman–Crippen MR) is 116 cm³/mol. The molecule has 0 aliphatic carbocycles. The lowest BCUT2D eigenvalue weighted by atomic mass is 10.2. The Morgan fingerprint density at radius 3 is 2.62 bits per heavy atom. The summed E-state index contributed by atoms with van der Waals surface area (Å²) in [4.78, 5) is 6.66. The quantitative estimate of drug-likeness (QED) is 0.313. The van der Waals surface area contributed by atoms with Crippen molar-refractivity contribution in [3.8, 4) is 5.75 Å². The number of unbranched alkanes of at least 4 members (excludes halogenated alkanes) is 1. The number of thioether (sulfide) groups is 1. The van der Waals surface area contributed by atoms with Crippen LogP contribution in [0.4, 0.5) is 0 Å². The molecule has 5 nitrogen and oxygen atoms in total. The van der Waals surface area contributed by atoms with E-state index < -0.39 is 0 Å². The van der Waals surface area contributed by atoms with Crippen LogP contribution >= 0.6 is 11.8 Å². The third-order valence-corrected chi connectivity index (χ3v) is 4.97. The Morgan fingerprint density at radius 1 is 1.15 bits per heavy atom. The maximum absolute atomic E-state index is 6.02. The first kappa shape index (κ1) is 22.6. The van der Waals surface area contributed by atoms with Crippen molar-refractivity contribution in [1.82, 2.24) is 15.5 Å². The van der Waals surface area contributed by atoms with Gasteiger partial charge in [-0.2, -0.15) is 11.8 Å². The second-order valence-corrected chi connectivity index (χ2v) is 7.02. The fraction of sp³-hybridized carbons (Fsp3) is 0.650. The van der Waals surface area contributed by atoms with Crippen molar-refractivity contribution in [2.75, 3.05) is 51.8 Å². The highest BCUT2D eigenvalue weighted by molar-refractivity contribution is 7.98. The van der Waals surface area contributed by atoms with E-state index in [1.807, 2.05) is 37.0 Å². The van der Waals surface area contributed by atoms with Gasteiger partial charge in [-0.25, -0.2) is 0 Å². The fourth-order valence-corrected chi connectivity index (χ4v) is 3.09. The monoisotopic (exact) mass is 380 g/mol. The second kappa shape index (κ2) is 14.7. The van der Waals surface area contributed by atoms with Gasteiger partial charge >= 0.3 is 0 Å². The van der Waals surface area contributed by atoms with Crippen LogP contribution in [0.3, 0.4) is 0 Å². The Hall–Kier alpha value is -1.40. The van der Waals surface area contributed by atoms with Crippen LogP contribution in [0.15, 0.2) is 29.3 Å². The van der Waals surface area contributed by atoms with Crippen LogP contribution in [-0.4, -0.2) is 62.7 Å². The summed E-state index contributed by atoms with van der Waals surface area (Å²) in [6.07, 6.45) is 4.54. The summed E-state index contributed by atoms with van der Waals surface area (Å²) >= 11 is 1.90. The van der Waals surface area contributed by atoms with Crippen LogP contribution in [0.5, 0.6) is 5.75 Å². The topological polar surface area (TPSA) is 48.9 Å². The maximum Gasteiger partial charge on any atom is 0.191 e. The molecule has 0 aliphatic heterocycles. The Labute approximate surface area is 164 Å². The molecule has 0 atom stereocenters. The van der Waals surface area contributed by atoms with Gasteiger partial charge in [0.1, 0.15) is 12.4 Å². The number of ether oxygens (including phenoxy) is 1. The van der Waals surface area contributed by atoms with Gasteiger partial charge in [-0.05, 0) is 44.0 Å². The molecule has 26 heavy (non-hydrogen) atoms. The molecule has 0 bridgehead atoms. The molecule has 0 unspecified atom stereocenters. The lowest BCUT2D eigenvalue weighted by Gasteiger charge is -2.19. The molecular weight excluding hydrogens is 344 g/mol. The van der Waals surface area contributed by atoms with E-state index in [1.165, 1.54) is 12.2 Å². The minimum absolute atomic E-state index is 0.700. The van der Waals surface area contributed by atoms with E-state index in [4.69, 9.17) is 4.74 Å². The van der Waals surface area contributed by atoms with Crippen LogP contribution < -0.4 is 15.4 Å². The van der Waals surface area contributed by atoms with Crippen LogP contribution in [0.25, 0.3) is 0 Å². The minimum Gasteiger partial charge on any atom is -0.492 e. The van der Waals surface area contributed by atoms with Crippen LogP contribution in [-0.2, 0) is 6.54 Å². The summed E-state index contributed by atoms with van der Waals surface area (Å²) in [7, 11) is 1.81. The van der Waals surface area contributed by atoms with Gasteiger partial charge in [-0.15, -0.1) is 0 Å². The number of para-hydroxylation sites is 1. The number of rotatable bonds is 13. The van der Waals surface area contributed by atoms with E-state index in [-0.39, 0.29) is 0 Å². The SMILES string of the molecule is CCN(CC)CCOc1ccccc1CNC(=NC)NCCCCSC. The van der Waals surface area contributed by atoms with Crippen molar-refractivity contribution in [3.63, 3.8) is 0 Å². The number of nitrogens with one attached hydrogen (secondary N) is 2. The number of nitrogens with zero attached hydrogens (tertiary/aromatic N) is 2. The van der Waals surface area contributed by atoms with Crippen molar-refractivity contribution in [3.05, 3.63) is 29.8 Å². The molecule has 0 amide bonds. The Bertz CT molecular complexity index is 506. The Balaban J connectivity index is 2.43. The maximum atomic E-state index is 6.02. The molecule has 2 N–H and O–H groups in total. The van der Waals surface area contributed by atoms with E-state index in [1.54, 1.807) is 0 Å². The molecule has 1 aromatic rings. The summed E-state index contributed by atoms with van der Waals surface area (Å²) < 4.78 is 6.02. The van der Waals surface area contributed by atoms with E-state index in [2.05, 4.69) is 46.7 Å². The van der Waals surface area contributed by atoms with Gasteiger partial charge in [0.15, 0.2) is 5.96 Å². The van der Waals surface area contributed by atoms with E-state index in [9.17, 15) is 0 Å². The smallest absolute Gasteiger partial charge is 0.191 e. The van der Waals surface area contributed by atoms with Crippen LogP contribution in [0, 0.1) is 0 Å². The number of likely N-dealkylation sites (N-methyl/N-ethyl adjacent to an activating group) is 1. The predicted octanol–water partition coefficient (Wildman–Crippen LogP) is 3.22. The number of guanidine groups is 1. The number of benzene rings is 1. The molecule has 6 heteroatoms. The van der Waals surface area contributed by atoms with Crippen molar-refractivity contribution >= 4 is 17.7 Å². The normalized spacial score (nSPS) is 11.7. The van der Waals surface area contributed by atoms with Crippen molar-refractivity contribution < 1.29 is 4.74 Å². The number of hydrogen-bond donors (Lipinski definition) is 2. The number of aliphatic imine (C=N–C) groups is 1. The largest absolute Gasteiger partial charge is 0.492 e. The van der Waals surface area contributed by atoms with Crippen LogP contribution in [0.1, 0.15) is 32.3 Å². The van der Waals surface area contributed by atoms with E-state index >= 15 is 0 Å². The lowest BCUT2D eigenvalue weighted by Crippen LogP contribution is -2.37. The van der Waals surface area contributed by atoms with Crippen molar-refractivity contribution in [2.24, 2.45) is 4.99 Å². The molecule has 148 valence electrons. The average molecular weight is 381 g/mol. The van der Waals surface area contributed by atoms with Gasteiger partial charge in [-0.1, -0.05) is 32.0 Å². The van der Waals surface area contributed by atoms with Gasteiger partial charge < -0.3 is 20.3 Å². The van der Waals surface area contributed by atoms with E-state index in [0.717, 1.165) is 49.9 Å². The fourth-order valence-electron chi connectivity index (χ4n) is 2.59. The van der Waals surface area contributed by atoms with E-state index in [0.29, 0.717) is 13.2 Å². The Morgan fingerprint density at radius 2 is 1.92 bits per heavy atom. The average Bonchev–Trinajstić information content (AvgIpc) is 2.68. The highest BCUT2D eigenvalue weighted by Crippen LogP contribution is 2.17. The van der Waals surface area contributed by atoms with Gasteiger partial charge in [0.2, 0.25) is 0 Å². The standard InChI is InChI=1S/C20H36N4OS/c1-5-24(6-2)14-15-25-19-12-8-7-11-18(19)17-23-20(21-3)22-13-9-10-16-26-4/h7-8,11-12H,5-6,9-10,13-17H2,1-4H3,(H2,21,22,23). The third kappa shape index (κ3) is 9.34. The van der Waals surface area contributed by atoms with Gasteiger partial charge in [-0.3, -0.25) is 4.99 Å². The summed E-state index contributed by atoms with van der Waals surface area (Å²) in [5.41, 5.74) is 1.15. The molecule has 0 fully saturated rings. The first-order valence-corrected chi connectivity index (χ1v) is 11.0. The van der Waals surface area contributed by atoms with Gasteiger partial charge in [0.05, 0.1) is 0 Å². The third-order valence-electron chi connectivity index (χ3n) is 4.27. The zero-order valence-electron chi connectivity index (χ0n) is 16.9. The zero-order valence-corrected chi connectivity index (χ0v) is 17.7. The summed E-state index contributed by atoms with van der Waals surface area (Å²) in [5.74, 6) is 3.00. The Kier molecular flexibility index (Phi) is 12.8. The molecule has 0 spiro atoms. The molecule has 0 aromatic heterocycles. The van der Waals surface area contributed by atoms with Crippen molar-refractivity contribution in [1.29, 1.82) is 0 Å². The first-order valence-electron chi connectivity index (χ1n) is 9.61. The summed E-state index contributed by atoms with van der Waals surface area (Å²) in [6.45, 7) is 9.79. The van der Waals surface area contributed by atoms with Crippen molar-refractivity contribution in [2.45, 2.75) is 33.2 Å². The molecule has 0 radical (unpaired) electrons. The lowest BCUT2D eigenvalue weighted by molar-refractivity contribution is 0.221. The molecule has 1 rings (SSSR count). The second-order valence-electron chi connectivity index (χ2n) is 6.04. The molecular formula is C20H36N4OS. The summed E-state index contributed by atoms with van der Waals surface area (Å²) in [6, 6.07) is 8.21. The highest BCUT2D eigenvalue weighted by atomic mass is 32.2. The van der Waals surface area contributed by atoms with Crippen LogP contribution in [0.2, 0.25) is 0 Å². The molecule has 1 aromatic carbocycles.